The molecule has 0 aliphatic carbocycles. The number of hydrogen-bond donors (Lipinski definition) is 4. The second-order valence-corrected chi connectivity index (χ2v) is 24.4. The van der Waals surface area contributed by atoms with Crippen LogP contribution in [0.2, 0.25) is 0 Å². The zero-order valence-corrected chi connectivity index (χ0v) is 43.7. The minimum absolute atomic E-state index is 0.0985. The lowest BCUT2D eigenvalue weighted by Crippen LogP contribution is -2.63. The van der Waals surface area contributed by atoms with Crippen molar-refractivity contribution < 1.29 is 77.3 Å². The van der Waals surface area contributed by atoms with Gasteiger partial charge in [-0.05, 0) is 70.6 Å². The normalized spacial score (nSPS) is 57.8. The molecule has 16 heteroatoms. The summed E-state index contributed by atoms with van der Waals surface area (Å²) in [7, 11) is 0. The number of aliphatic hydroxyl groups is 4. The molecule has 9 saturated heterocycles. The number of ether oxygens (including phenoxy) is 12. The first-order valence-corrected chi connectivity index (χ1v) is 28.4. The molecule has 9 fully saturated rings. The molecule has 1 spiro atoms. The van der Waals surface area contributed by atoms with Gasteiger partial charge in [-0.15, -0.1) is 0 Å². The molecule has 30 atom stereocenters. The molecule has 12 rings (SSSR count). The topological polar surface area (TPSA) is 192 Å². The minimum atomic E-state index is -1.08. The van der Waals surface area contributed by atoms with Crippen LogP contribution in [-0.2, 0) is 56.8 Å². The predicted molar refractivity (Wildman–Crippen MR) is 263 cm³/mol. The van der Waals surface area contributed by atoms with Gasteiger partial charge in [-0.3, -0.25) is 0 Å². The van der Waals surface area contributed by atoms with Crippen LogP contribution in [0, 0.1) is 23.7 Å². The van der Waals surface area contributed by atoms with Crippen molar-refractivity contribution in [2.75, 3.05) is 6.61 Å². The molecular formula is C57H84O16. The first-order chi connectivity index (χ1) is 35.2. The number of fused-ring (bicyclic) bond motifs is 10. The highest BCUT2D eigenvalue weighted by Crippen LogP contribution is 2.52. The standard InChI is InChI=1S/C57H84O16/c1-7-8-13-38-50(60)51(61)54-46(66-38)24-40-37(69-54)19-18-36-34(64-40)17-11-16-33-32(63-36)14-9-10-15-35-42(65-33)26-47(58)56(6)48(68-35)27-43-44(72-56)23-28(2)22-39-41(67-43)25-45-52(70-39)30(4)49(59)55-53(71-45)29(3)31(5)57(73-55)20-12-21-62-57/h7-11,16,18-19,28-55,58-61H,12-15,17,20-27H2,1-6H3/b8-7-,10-9-,16-11-/t28-,29+,30+,31+,32-,33+,34-,35+,36+,37-,38+,39+,40+,41-,42-,43+,44-,45+,46-,47-,48-,49+,50+,51-,52+,53?,54-,55+,56+,57-/m1/s1. The quantitative estimate of drug-likeness (QED) is 0.268. The van der Waals surface area contributed by atoms with E-state index >= 15 is 0 Å². The highest BCUT2D eigenvalue weighted by atomic mass is 16.7. The van der Waals surface area contributed by atoms with Crippen molar-refractivity contribution in [2.45, 2.75) is 276 Å². The Balaban J connectivity index is 0.731. The van der Waals surface area contributed by atoms with Gasteiger partial charge in [0.25, 0.3) is 0 Å². The van der Waals surface area contributed by atoms with Gasteiger partial charge in [0, 0.05) is 43.9 Å². The summed E-state index contributed by atoms with van der Waals surface area (Å²) in [5.74, 6) is -0.481. The molecule has 16 nitrogen and oxygen atoms in total. The second kappa shape index (κ2) is 20.8. The monoisotopic (exact) mass is 1020 g/mol. The van der Waals surface area contributed by atoms with E-state index in [0.29, 0.717) is 58.0 Å². The molecule has 0 aromatic rings. The van der Waals surface area contributed by atoms with Crippen LogP contribution >= 0.6 is 0 Å². The predicted octanol–water partition coefficient (Wildman–Crippen LogP) is 5.09. The highest BCUT2D eigenvalue weighted by molar-refractivity contribution is 5.14. The summed E-state index contributed by atoms with van der Waals surface area (Å²) in [4.78, 5) is 0. The van der Waals surface area contributed by atoms with E-state index in [1.807, 2.05) is 38.2 Å². The number of aliphatic hydroxyl groups excluding tert-OH is 4. The van der Waals surface area contributed by atoms with Gasteiger partial charge in [-0.2, -0.15) is 0 Å². The molecule has 0 saturated carbocycles. The van der Waals surface area contributed by atoms with Crippen LogP contribution in [0.1, 0.15) is 119 Å². The Bertz CT molecular complexity index is 2040. The van der Waals surface area contributed by atoms with E-state index in [2.05, 4.69) is 52.0 Å². The Morgan fingerprint density at radius 1 is 0.521 bits per heavy atom. The molecule has 12 aliphatic rings. The molecule has 0 radical (unpaired) electrons. The average Bonchev–Trinajstić information content (AvgIpc) is 3.73. The van der Waals surface area contributed by atoms with E-state index in [9.17, 15) is 20.4 Å². The van der Waals surface area contributed by atoms with Crippen LogP contribution in [0.5, 0.6) is 0 Å². The number of rotatable bonds is 2. The van der Waals surface area contributed by atoms with E-state index in [0.717, 1.165) is 25.7 Å². The van der Waals surface area contributed by atoms with E-state index in [-0.39, 0.29) is 90.8 Å². The highest BCUT2D eigenvalue weighted by Gasteiger charge is 2.62. The summed E-state index contributed by atoms with van der Waals surface area (Å²) in [6.07, 6.45) is 12.5. The minimum Gasteiger partial charge on any atom is -0.390 e. The van der Waals surface area contributed by atoms with Gasteiger partial charge in [-0.1, -0.05) is 76.3 Å². The lowest BCUT2D eigenvalue weighted by molar-refractivity contribution is -0.339. The Labute approximate surface area is 431 Å². The van der Waals surface area contributed by atoms with Crippen molar-refractivity contribution in [1.29, 1.82) is 0 Å². The second-order valence-electron chi connectivity index (χ2n) is 24.4. The Morgan fingerprint density at radius 2 is 1.16 bits per heavy atom. The van der Waals surface area contributed by atoms with E-state index in [4.69, 9.17) is 56.8 Å². The zero-order valence-electron chi connectivity index (χ0n) is 43.7. The third-order valence-electron chi connectivity index (χ3n) is 19.7. The smallest absolute Gasteiger partial charge is 0.171 e. The lowest BCUT2D eigenvalue weighted by atomic mass is 9.76. The maximum atomic E-state index is 12.4. The summed E-state index contributed by atoms with van der Waals surface area (Å²) in [6, 6.07) is 0. The first kappa shape index (κ1) is 52.0. The SMILES string of the molecule is C/C=C\C[C@@H]1O[C@@H]2C[C@@H]3O[C@@H]4C/C=C\[C@@H]5O[C@@H]6C[C@@H](O)[C@]7(C)O[C@@H]8C[C@H](C)C[C@@H]9O[C@H]%10[C@@H](C)[C@H](O)[C@@H]%11O[C@]%12(CCCO%12)[C@@H](C)[C@H](C)C%11O[C@H]%10C[C@H]9O[C@H]8C[C@H]7O[C@H]6C/C=C\C[C@H]5O[C@H]4C=C[C@H]3O[C@H]2[C@H](O)[C@H]1O. The Hall–Kier alpha value is -1.68. The van der Waals surface area contributed by atoms with Gasteiger partial charge >= 0.3 is 0 Å². The van der Waals surface area contributed by atoms with Gasteiger partial charge in [0.2, 0.25) is 0 Å². The maximum Gasteiger partial charge on any atom is 0.171 e. The summed E-state index contributed by atoms with van der Waals surface area (Å²) >= 11 is 0. The fraction of sp³-hybridized carbons (Fsp3) is 0.860. The average molecular weight is 1030 g/mol. The van der Waals surface area contributed by atoms with Crippen molar-refractivity contribution in [2.24, 2.45) is 23.7 Å². The fourth-order valence-corrected chi connectivity index (χ4v) is 15.2. The maximum absolute atomic E-state index is 12.4. The van der Waals surface area contributed by atoms with Gasteiger partial charge < -0.3 is 77.3 Å². The molecule has 0 aromatic carbocycles. The summed E-state index contributed by atoms with van der Waals surface area (Å²) in [5, 5.41) is 46.5. The van der Waals surface area contributed by atoms with E-state index < -0.39 is 90.7 Å². The fourth-order valence-electron chi connectivity index (χ4n) is 15.2. The third-order valence-corrected chi connectivity index (χ3v) is 19.7. The number of hydrogen-bond acceptors (Lipinski definition) is 16. The molecule has 0 aromatic heterocycles. The van der Waals surface area contributed by atoms with Crippen molar-refractivity contribution >= 4 is 0 Å². The molecule has 1 unspecified atom stereocenters. The molecular weight excluding hydrogens is 941 g/mol. The molecule has 4 N–H and O–H groups in total. The molecule has 12 aliphatic heterocycles. The Kier molecular flexibility index (Phi) is 14.9. The summed E-state index contributed by atoms with van der Waals surface area (Å²) < 4.78 is 82.5. The van der Waals surface area contributed by atoms with Crippen LogP contribution < -0.4 is 0 Å². The van der Waals surface area contributed by atoms with Gasteiger partial charge in [-0.25, -0.2) is 0 Å². The molecule has 73 heavy (non-hydrogen) atoms. The van der Waals surface area contributed by atoms with Crippen LogP contribution in [0.3, 0.4) is 0 Å². The van der Waals surface area contributed by atoms with Crippen LogP contribution in [0.15, 0.2) is 48.6 Å². The molecule has 408 valence electrons. The first-order valence-electron chi connectivity index (χ1n) is 28.4. The lowest BCUT2D eigenvalue weighted by Gasteiger charge is -2.53. The van der Waals surface area contributed by atoms with Crippen molar-refractivity contribution in [1.82, 2.24) is 0 Å². The Morgan fingerprint density at radius 3 is 1.96 bits per heavy atom. The van der Waals surface area contributed by atoms with E-state index in [1.54, 1.807) is 0 Å². The summed E-state index contributed by atoms with van der Waals surface area (Å²) in [5.41, 5.74) is -1.01. The van der Waals surface area contributed by atoms with Gasteiger partial charge in [0.1, 0.15) is 48.3 Å². The van der Waals surface area contributed by atoms with Crippen LogP contribution in [0.4, 0.5) is 0 Å². The van der Waals surface area contributed by atoms with Crippen LogP contribution in [0.25, 0.3) is 0 Å². The number of allylic oxidation sites excluding steroid dienone is 1. The van der Waals surface area contributed by atoms with Crippen molar-refractivity contribution in [3.8, 4) is 0 Å². The van der Waals surface area contributed by atoms with Crippen LogP contribution in [-0.4, -0.2) is 185 Å². The van der Waals surface area contributed by atoms with Gasteiger partial charge in [0.05, 0.1) is 110 Å². The molecule has 0 bridgehead atoms. The third kappa shape index (κ3) is 9.56. The van der Waals surface area contributed by atoms with E-state index in [1.165, 1.54) is 0 Å². The van der Waals surface area contributed by atoms with Gasteiger partial charge in [0.15, 0.2) is 5.79 Å². The largest absolute Gasteiger partial charge is 0.390 e. The molecule has 12 heterocycles. The molecule has 0 amide bonds. The summed E-state index contributed by atoms with van der Waals surface area (Å²) in [6.45, 7) is 13.3. The zero-order chi connectivity index (χ0) is 50.5. The van der Waals surface area contributed by atoms with Crippen molar-refractivity contribution in [3.05, 3.63) is 48.6 Å². The van der Waals surface area contributed by atoms with Crippen molar-refractivity contribution in [3.63, 3.8) is 0 Å².